The van der Waals surface area contributed by atoms with Crippen LogP contribution in [0.5, 0.6) is 0 Å². The SMILES string of the molecule is CC1(C)CCN(c2ccc(C#C[Si](C)(C)C)cn2)C(=O)C1. The summed E-state index contributed by atoms with van der Waals surface area (Å²) < 4.78 is 0. The zero-order chi connectivity index (χ0) is 15.7. The van der Waals surface area contributed by atoms with Gasteiger partial charge in [-0.25, -0.2) is 4.98 Å². The molecule has 1 fully saturated rings. The van der Waals surface area contributed by atoms with Crippen LogP contribution < -0.4 is 4.90 Å². The molecule has 0 radical (unpaired) electrons. The third kappa shape index (κ3) is 4.43. The van der Waals surface area contributed by atoms with Crippen LogP contribution in [0.2, 0.25) is 19.6 Å². The van der Waals surface area contributed by atoms with Crippen LogP contribution in [-0.4, -0.2) is 25.5 Å². The van der Waals surface area contributed by atoms with Gasteiger partial charge in [0.05, 0.1) is 0 Å². The van der Waals surface area contributed by atoms with E-state index in [1.54, 1.807) is 11.1 Å². The molecule has 4 heteroatoms. The molecule has 0 saturated carbocycles. The highest BCUT2D eigenvalue weighted by Gasteiger charge is 2.32. The van der Waals surface area contributed by atoms with Gasteiger partial charge >= 0.3 is 0 Å². The van der Waals surface area contributed by atoms with Crippen molar-refractivity contribution >= 4 is 19.8 Å². The van der Waals surface area contributed by atoms with Crippen LogP contribution in [0, 0.1) is 16.9 Å². The predicted molar refractivity (Wildman–Crippen MR) is 89.8 cm³/mol. The summed E-state index contributed by atoms with van der Waals surface area (Å²) in [5.41, 5.74) is 4.35. The molecule has 1 amide bonds. The van der Waals surface area contributed by atoms with Crippen LogP contribution in [0.4, 0.5) is 5.82 Å². The van der Waals surface area contributed by atoms with Gasteiger partial charge in [-0.05, 0) is 24.0 Å². The minimum absolute atomic E-state index is 0.107. The quantitative estimate of drug-likeness (QED) is 0.588. The average molecular weight is 300 g/mol. The van der Waals surface area contributed by atoms with Gasteiger partial charge in [-0.15, -0.1) is 5.54 Å². The van der Waals surface area contributed by atoms with Gasteiger partial charge in [0.15, 0.2) is 0 Å². The molecule has 0 spiro atoms. The lowest BCUT2D eigenvalue weighted by Crippen LogP contribution is -2.42. The molecule has 0 bridgehead atoms. The highest BCUT2D eigenvalue weighted by molar-refractivity contribution is 6.83. The summed E-state index contributed by atoms with van der Waals surface area (Å²) in [6.07, 6.45) is 3.37. The molecule has 0 aliphatic carbocycles. The second kappa shape index (κ2) is 5.65. The van der Waals surface area contributed by atoms with Gasteiger partial charge in [-0.2, -0.15) is 0 Å². The topological polar surface area (TPSA) is 33.2 Å². The Morgan fingerprint density at radius 2 is 2.00 bits per heavy atom. The lowest BCUT2D eigenvalue weighted by Gasteiger charge is -2.35. The fourth-order valence-corrected chi connectivity index (χ4v) is 2.77. The maximum Gasteiger partial charge on any atom is 0.228 e. The van der Waals surface area contributed by atoms with E-state index in [0.29, 0.717) is 6.42 Å². The molecule has 1 aliphatic heterocycles. The van der Waals surface area contributed by atoms with E-state index in [1.165, 1.54) is 0 Å². The third-order valence-corrected chi connectivity index (χ3v) is 4.42. The first-order valence-corrected chi connectivity index (χ1v) is 11.0. The summed E-state index contributed by atoms with van der Waals surface area (Å²) in [4.78, 5) is 18.4. The fourth-order valence-electron chi connectivity index (χ4n) is 2.25. The summed E-state index contributed by atoms with van der Waals surface area (Å²) in [5.74, 6) is 4.10. The largest absolute Gasteiger partial charge is 0.297 e. The Hall–Kier alpha value is -1.60. The van der Waals surface area contributed by atoms with Crippen molar-refractivity contribution in [3.63, 3.8) is 0 Å². The number of aromatic nitrogens is 1. The fraction of sp³-hybridized carbons (Fsp3) is 0.529. The second-order valence-corrected chi connectivity index (χ2v) is 12.3. The van der Waals surface area contributed by atoms with Gasteiger partial charge < -0.3 is 0 Å². The van der Waals surface area contributed by atoms with E-state index in [-0.39, 0.29) is 11.3 Å². The molecule has 0 unspecified atom stereocenters. The van der Waals surface area contributed by atoms with E-state index < -0.39 is 8.07 Å². The summed E-state index contributed by atoms with van der Waals surface area (Å²) >= 11 is 0. The highest BCUT2D eigenvalue weighted by Crippen LogP contribution is 2.32. The zero-order valence-corrected chi connectivity index (χ0v) is 14.7. The lowest BCUT2D eigenvalue weighted by molar-refractivity contribution is -0.122. The van der Waals surface area contributed by atoms with E-state index >= 15 is 0 Å². The molecule has 0 N–H and O–H groups in total. The van der Waals surface area contributed by atoms with E-state index in [9.17, 15) is 4.79 Å². The molecule has 0 aromatic carbocycles. The maximum absolute atomic E-state index is 12.2. The number of anilines is 1. The van der Waals surface area contributed by atoms with Crippen molar-refractivity contribution in [2.24, 2.45) is 5.41 Å². The Morgan fingerprint density at radius 1 is 1.29 bits per heavy atom. The van der Waals surface area contributed by atoms with Gasteiger partial charge in [-0.3, -0.25) is 9.69 Å². The second-order valence-electron chi connectivity index (χ2n) is 7.54. The van der Waals surface area contributed by atoms with Crippen molar-refractivity contribution in [3.05, 3.63) is 23.9 Å². The van der Waals surface area contributed by atoms with Gasteiger partial charge in [0.25, 0.3) is 0 Å². The van der Waals surface area contributed by atoms with Crippen molar-refractivity contribution in [1.82, 2.24) is 4.98 Å². The molecule has 21 heavy (non-hydrogen) atoms. The van der Waals surface area contributed by atoms with Crippen LogP contribution in [0.1, 0.15) is 32.3 Å². The molecule has 1 aromatic heterocycles. The summed E-state index contributed by atoms with van der Waals surface area (Å²) in [7, 11) is -1.37. The molecule has 1 aliphatic rings. The van der Waals surface area contributed by atoms with Gasteiger partial charge in [0.2, 0.25) is 5.91 Å². The molecule has 112 valence electrons. The van der Waals surface area contributed by atoms with Gasteiger partial charge in [-0.1, -0.05) is 39.4 Å². The Labute approximate surface area is 128 Å². The van der Waals surface area contributed by atoms with Crippen LogP contribution >= 0.6 is 0 Å². The van der Waals surface area contributed by atoms with E-state index in [0.717, 1.165) is 24.3 Å². The number of carbonyl (C=O) groups is 1. The Kier molecular flexibility index (Phi) is 4.24. The Bertz CT molecular complexity index is 588. The van der Waals surface area contributed by atoms with Crippen molar-refractivity contribution < 1.29 is 4.79 Å². The predicted octanol–water partition coefficient (Wildman–Crippen LogP) is 3.46. The van der Waals surface area contributed by atoms with E-state index in [2.05, 4.69) is 49.9 Å². The van der Waals surface area contributed by atoms with Crippen molar-refractivity contribution in [1.29, 1.82) is 0 Å². The van der Waals surface area contributed by atoms with Crippen LogP contribution in [-0.2, 0) is 4.79 Å². The monoisotopic (exact) mass is 300 g/mol. The number of amides is 1. The van der Waals surface area contributed by atoms with Gasteiger partial charge in [0.1, 0.15) is 13.9 Å². The van der Waals surface area contributed by atoms with E-state index in [1.807, 2.05) is 12.1 Å². The van der Waals surface area contributed by atoms with Crippen LogP contribution in [0.3, 0.4) is 0 Å². The minimum Gasteiger partial charge on any atom is -0.297 e. The molecule has 1 aromatic rings. The number of nitrogens with zero attached hydrogens (tertiary/aromatic N) is 2. The number of pyridine rings is 1. The van der Waals surface area contributed by atoms with Crippen LogP contribution in [0.15, 0.2) is 18.3 Å². The number of carbonyl (C=O) groups excluding carboxylic acids is 1. The first kappa shape index (κ1) is 15.8. The number of piperidine rings is 1. The maximum atomic E-state index is 12.2. The molecular formula is C17H24N2OSi. The zero-order valence-electron chi connectivity index (χ0n) is 13.7. The number of hydrogen-bond donors (Lipinski definition) is 0. The molecular weight excluding hydrogens is 276 g/mol. The van der Waals surface area contributed by atoms with E-state index in [4.69, 9.17) is 0 Å². The summed E-state index contributed by atoms with van der Waals surface area (Å²) in [5, 5.41) is 0. The number of rotatable bonds is 1. The normalized spacial score (nSPS) is 18.1. The minimum atomic E-state index is -1.37. The third-order valence-electron chi connectivity index (χ3n) is 3.55. The van der Waals surface area contributed by atoms with Crippen molar-refractivity contribution in [3.8, 4) is 11.5 Å². The molecule has 2 heterocycles. The van der Waals surface area contributed by atoms with Crippen LogP contribution in [0.25, 0.3) is 0 Å². The van der Waals surface area contributed by atoms with Crippen molar-refractivity contribution in [2.45, 2.75) is 46.3 Å². The lowest BCUT2D eigenvalue weighted by atomic mass is 9.82. The standard InChI is InChI=1S/C17H24N2OSi/c1-17(2)9-10-19(16(20)12-17)15-7-6-14(13-18-15)8-11-21(3,4)5/h6-7,13H,9-10,12H2,1-5H3. The molecule has 0 atom stereocenters. The first-order valence-electron chi connectivity index (χ1n) is 7.46. The smallest absolute Gasteiger partial charge is 0.228 e. The molecule has 2 rings (SSSR count). The summed E-state index contributed by atoms with van der Waals surface area (Å²) in [6.45, 7) is 11.7. The average Bonchev–Trinajstić information content (AvgIpc) is 2.35. The highest BCUT2D eigenvalue weighted by atomic mass is 28.3. The van der Waals surface area contributed by atoms with Crippen molar-refractivity contribution in [2.75, 3.05) is 11.4 Å². The Morgan fingerprint density at radius 3 is 2.52 bits per heavy atom. The van der Waals surface area contributed by atoms with Gasteiger partial charge in [0, 0.05) is 24.7 Å². The molecule has 3 nitrogen and oxygen atoms in total. The number of hydrogen-bond acceptors (Lipinski definition) is 2. The summed E-state index contributed by atoms with van der Waals surface area (Å²) in [6, 6.07) is 3.87. The first-order chi connectivity index (χ1) is 9.66. The Balaban J connectivity index is 2.12. The molecule has 1 saturated heterocycles.